The fourth-order valence-corrected chi connectivity index (χ4v) is 2.28. The molecule has 0 fully saturated rings. The molecule has 0 saturated heterocycles. The fraction of sp³-hybridized carbons (Fsp3) is 0.667. The first-order valence-corrected chi connectivity index (χ1v) is 7.28. The number of nitrogens with one attached hydrogen (secondary N) is 1. The van der Waals surface area contributed by atoms with Gasteiger partial charge in [0.05, 0.1) is 0 Å². The second-order valence-electron chi connectivity index (χ2n) is 4.04. The smallest absolute Gasteiger partial charge is 0.370 e. The van der Waals surface area contributed by atoms with Gasteiger partial charge in [0.25, 0.3) is 0 Å². The first-order valence-electron chi connectivity index (χ1n) is 6.30. The highest BCUT2D eigenvalue weighted by Gasteiger charge is 2.35. The lowest BCUT2D eigenvalue weighted by Gasteiger charge is -2.11. The Morgan fingerprint density at radius 1 is 1.21 bits per heavy atom. The topological polar surface area (TPSA) is 37.8 Å². The third-order valence-electron chi connectivity index (χ3n) is 2.26. The second-order valence-corrected chi connectivity index (χ2v) is 5.16. The standard InChI is InChI=1S/C12H18F3N3S/c1-3-5-7-19-10-8-9(16-6-4-2)17-11(18-10)12(13,14)15/h8H,3-7H2,1-2H3,(H,16,17,18). The van der Waals surface area contributed by atoms with Gasteiger partial charge in [0.2, 0.25) is 5.82 Å². The van der Waals surface area contributed by atoms with Crippen molar-refractivity contribution in [3.8, 4) is 0 Å². The Bertz CT molecular complexity index is 396. The molecule has 0 radical (unpaired) electrons. The zero-order chi connectivity index (χ0) is 14.3. The van der Waals surface area contributed by atoms with Crippen LogP contribution in [0.4, 0.5) is 19.0 Å². The van der Waals surface area contributed by atoms with E-state index in [1.165, 1.54) is 11.8 Å². The van der Waals surface area contributed by atoms with Crippen molar-refractivity contribution in [3.63, 3.8) is 0 Å². The maximum absolute atomic E-state index is 12.7. The molecule has 0 unspecified atom stereocenters. The van der Waals surface area contributed by atoms with Crippen LogP contribution in [-0.4, -0.2) is 22.3 Å². The number of hydrogen-bond acceptors (Lipinski definition) is 4. The minimum absolute atomic E-state index is 0.239. The average molecular weight is 293 g/mol. The molecule has 0 atom stereocenters. The number of aromatic nitrogens is 2. The van der Waals surface area contributed by atoms with Gasteiger partial charge in [-0.15, -0.1) is 11.8 Å². The summed E-state index contributed by atoms with van der Waals surface area (Å²) in [6, 6.07) is 1.57. The van der Waals surface area contributed by atoms with Gasteiger partial charge in [0.15, 0.2) is 0 Å². The molecule has 1 N–H and O–H groups in total. The Morgan fingerprint density at radius 3 is 2.53 bits per heavy atom. The summed E-state index contributed by atoms with van der Waals surface area (Å²) < 4.78 is 38.1. The molecule has 0 bridgehead atoms. The van der Waals surface area contributed by atoms with Crippen LogP contribution in [-0.2, 0) is 6.18 Å². The summed E-state index contributed by atoms with van der Waals surface area (Å²) in [4.78, 5) is 7.08. The summed E-state index contributed by atoms with van der Waals surface area (Å²) in [5.41, 5.74) is 0. The van der Waals surface area contributed by atoms with Crippen LogP contribution in [0.5, 0.6) is 0 Å². The molecule has 3 nitrogen and oxygen atoms in total. The molecule has 0 spiro atoms. The van der Waals surface area contributed by atoms with Crippen LogP contribution in [0, 0.1) is 0 Å². The lowest BCUT2D eigenvalue weighted by molar-refractivity contribution is -0.145. The van der Waals surface area contributed by atoms with E-state index in [2.05, 4.69) is 15.3 Å². The van der Waals surface area contributed by atoms with Crippen LogP contribution >= 0.6 is 11.8 Å². The summed E-state index contributed by atoms with van der Waals surface area (Å²) in [5, 5.41) is 3.24. The van der Waals surface area contributed by atoms with Gasteiger partial charge in [-0.2, -0.15) is 13.2 Å². The van der Waals surface area contributed by atoms with Gasteiger partial charge in [0.1, 0.15) is 10.8 Å². The first kappa shape index (κ1) is 16.1. The van der Waals surface area contributed by atoms with Gasteiger partial charge in [-0.1, -0.05) is 20.3 Å². The molecule has 108 valence electrons. The van der Waals surface area contributed by atoms with E-state index >= 15 is 0 Å². The highest BCUT2D eigenvalue weighted by atomic mass is 32.2. The molecule has 0 aliphatic heterocycles. The number of unbranched alkanes of at least 4 members (excludes halogenated alkanes) is 1. The van der Waals surface area contributed by atoms with Crippen LogP contribution in [0.3, 0.4) is 0 Å². The molecule has 0 aliphatic rings. The maximum atomic E-state index is 12.7. The predicted octanol–water partition coefficient (Wildman–Crippen LogP) is 4.21. The Hall–Kier alpha value is -0.980. The summed E-state index contributed by atoms with van der Waals surface area (Å²) in [5.74, 6) is -0.0753. The van der Waals surface area contributed by atoms with E-state index in [4.69, 9.17) is 0 Å². The molecular weight excluding hydrogens is 275 g/mol. The molecule has 1 aromatic heterocycles. The van der Waals surface area contributed by atoms with Crippen molar-refractivity contribution in [2.45, 2.75) is 44.3 Å². The van der Waals surface area contributed by atoms with Gasteiger partial charge >= 0.3 is 6.18 Å². The van der Waals surface area contributed by atoms with Crippen LogP contribution in [0.15, 0.2) is 11.1 Å². The zero-order valence-electron chi connectivity index (χ0n) is 11.0. The molecule has 0 amide bonds. The van der Waals surface area contributed by atoms with Gasteiger partial charge < -0.3 is 5.32 Å². The number of hydrogen-bond donors (Lipinski definition) is 1. The molecule has 1 rings (SSSR count). The van der Waals surface area contributed by atoms with Crippen LogP contribution in [0.2, 0.25) is 0 Å². The zero-order valence-corrected chi connectivity index (χ0v) is 11.9. The van der Waals surface area contributed by atoms with Crippen molar-refractivity contribution in [2.24, 2.45) is 0 Å². The van der Waals surface area contributed by atoms with Crippen molar-refractivity contribution in [1.29, 1.82) is 0 Å². The van der Waals surface area contributed by atoms with Crippen LogP contribution in [0.25, 0.3) is 0 Å². The van der Waals surface area contributed by atoms with Gasteiger partial charge in [0, 0.05) is 12.6 Å². The number of alkyl halides is 3. The minimum Gasteiger partial charge on any atom is -0.370 e. The van der Waals surface area contributed by atoms with E-state index in [0.717, 1.165) is 25.0 Å². The van der Waals surface area contributed by atoms with E-state index in [-0.39, 0.29) is 5.82 Å². The normalized spacial score (nSPS) is 11.6. The molecule has 0 aliphatic carbocycles. The molecule has 1 aromatic rings. The van der Waals surface area contributed by atoms with Crippen molar-refractivity contribution in [3.05, 3.63) is 11.9 Å². The quantitative estimate of drug-likeness (QED) is 0.464. The van der Waals surface area contributed by atoms with E-state index in [1.54, 1.807) is 6.07 Å². The van der Waals surface area contributed by atoms with Crippen molar-refractivity contribution in [2.75, 3.05) is 17.6 Å². The minimum atomic E-state index is -4.51. The third-order valence-corrected chi connectivity index (χ3v) is 3.26. The van der Waals surface area contributed by atoms with Gasteiger partial charge in [-0.3, -0.25) is 0 Å². The monoisotopic (exact) mass is 293 g/mol. The lowest BCUT2D eigenvalue weighted by atomic mass is 10.4. The van der Waals surface area contributed by atoms with Crippen molar-refractivity contribution in [1.82, 2.24) is 9.97 Å². The average Bonchev–Trinajstić information content (AvgIpc) is 2.35. The SMILES string of the molecule is CCCCSc1cc(NCCC)nc(C(F)(F)F)n1. The summed E-state index contributed by atoms with van der Waals surface area (Å²) in [6.45, 7) is 4.57. The number of nitrogens with zero attached hydrogens (tertiary/aromatic N) is 2. The Morgan fingerprint density at radius 2 is 1.95 bits per heavy atom. The summed E-state index contributed by atoms with van der Waals surface area (Å²) in [6.07, 6.45) is -1.73. The van der Waals surface area contributed by atoms with E-state index in [1.807, 2.05) is 13.8 Å². The predicted molar refractivity (Wildman–Crippen MR) is 71.4 cm³/mol. The van der Waals surface area contributed by atoms with Gasteiger partial charge in [-0.25, -0.2) is 9.97 Å². The number of halogens is 3. The molecular formula is C12H18F3N3S. The number of thioether (sulfide) groups is 1. The lowest BCUT2D eigenvalue weighted by Crippen LogP contribution is -2.14. The Labute approximate surface area is 115 Å². The van der Waals surface area contributed by atoms with Crippen molar-refractivity contribution < 1.29 is 13.2 Å². The highest BCUT2D eigenvalue weighted by Crippen LogP contribution is 2.29. The largest absolute Gasteiger partial charge is 0.451 e. The summed E-state index contributed by atoms with van der Waals surface area (Å²) in [7, 11) is 0. The second kappa shape index (κ2) is 7.57. The highest BCUT2D eigenvalue weighted by molar-refractivity contribution is 7.99. The van der Waals surface area contributed by atoms with Crippen molar-refractivity contribution >= 4 is 17.6 Å². The maximum Gasteiger partial charge on any atom is 0.451 e. The fourth-order valence-electron chi connectivity index (χ4n) is 1.29. The third kappa shape index (κ3) is 5.67. The van der Waals surface area contributed by atoms with Gasteiger partial charge in [-0.05, 0) is 18.6 Å². The molecule has 19 heavy (non-hydrogen) atoms. The molecule has 1 heterocycles. The number of rotatable bonds is 7. The van der Waals surface area contributed by atoms with Crippen LogP contribution in [0.1, 0.15) is 38.9 Å². The Balaban J connectivity index is 2.89. The molecule has 7 heteroatoms. The molecule has 0 aromatic carbocycles. The Kier molecular flexibility index (Phi) is 6.41. The number of anilines is 1. The van der Waals surface area contributed by atoms with Crippen LogP contribution < -0.4 is 5.32 Å². The summed E-state index contributed by atoms with van der Waals surface area (Å²) >= 11 is 1.33. The van der Waals surface area contributed by atoms with E-state index in [9.17, 15) is 13.2 Å². The first-order chi connectivity index (χ1) is 8.97. The van der Waals surface area contributed by atoms with E-state index in [0.29, 0.717) is 11.6 Å². The van der Waals surface area contributed by atoms with E-state index < -0.39 is 12.0 Å². The molecule has 0 saturated carbocycles.